The zero-order chi connectivity index (χ0) is 20.5. The van der Waals surface area contributed by atoms with E-state index < -0.39 is 11.0 Å². The van der Waals surface area contributed by atoms with Crippen molar-refractivity contribution in [1.29, 1.82) is 0 Å². The molecule has 0 fully saturated rings. The highest BCUT2D eigenvalue weighted by Gasteiger charge is 2.30. The molecule has 3 aromatic rings. The van der Waals surface area contributed by atoms with Gasteiger partial charge in [-0.2, -0.15) is 5.10 Å². The number of nitro benzene ring substituents is 1. The smallest absolute Gasteiger partial charge is 0.269 e. The summed E-state index contributed by atoms with van der Waals surface area (Å²) in [6.45, 7) is 1.78. The van der Waals surface area contributed by atoms with Crippen LogP contribution in [0.5, 0.6) is 0 Å². The summed E-state index contributed by atoms with van der Waals surface area (Å²) in [4.78, 5) is 29.2. The van der Waals surface area contributed by atoms with Crippen molar-refractivity contribution >= 4 is 46.1 Å². The Hall–Kier alpha value is -3.24. The number of non-ortho nitro benzene ring substituents is 1. The zero-order valence-corrected chi connectivity index (χ0v) is 16.6. The number of aryl methyl sites for hydroxylation is 1. The van der Waals surface area contributed by atoms with Crippen molar-refractivity contribution in [1.82, 2.24) is 9.78 Å². The minimum Gasteiger partial charge on any atom is -0.382 e. The standard InChI is InChI=1S/C18H14ClN5O4S/c1-10-8-17(23(21-10)11-2-4-12(5-3-11)24(26)27)20-18(25)14-9-13(22-28-14)15-6-7-16(19)29-15/h2-8,14H,9H2,1H3,(H,20,25). The zero-order valence-electron chi connectivity index (χ0n) is 15.0. The molecule has 1 unspecified atom stereocenters. The molecule has 4 rings (SSSR count). The number of thiophene rings is 1. The molecule has 1 aliphatic rings. The first-order valence-electron chi connectivity index (χ1n) is 8.51. The second-order valence-electron chi connectivity index (χ2n) is 6.29. The van der Waals surface area contributed by atoms with E-state index in [2.05, 4.69) is 15.6 Å². The van der Waals surface area contributed by atoms with Crippen LogP contribution in [0, 0.1) is 17.0 Å². The molecule has 0 radical (unpaired) electrons. The number of hydrogen-bond donors (Lipinski definition) is 1. The van der Waals surface area contributed by atoms with Crippen molar-refractivity contribution in [2.45, 2.75) is 19.4 Å². The Labute approximate surface area is 173 Å². The van der Waals surface area contributed by atoms with E-state index in [1.54, 1.807) is 31.2 Å². The lowest BCUT2D eigenvalue weighted by Crippen LogP contribution is -2.29. The minimum atomic E-state index is -0.772. The molecule has 2 aromatic heterocycles. The summed E-state index contributed by atoms with van der Waals surface area (Å²) >= 11 is 7.32. The first kappa shape index (κ1) is 19.1. The number of nitro groups is 1. The number of oxime groups is 1. The third-order valence-electron chi connectivity index (χ3n) is 4.21. The number of nitrogens with zero attached hydrogens (tertiary/aromatic N) is 4. The number of anilines is 1. The molecular weight excluding hydrogens is 418 g/mol. The topological polar surface area (TPSA) is 112 Å². The van der Waals surface area contributed by atoms with Gasteiger partial charge >= 0.3 is 0 Å². The van der Waals surface area contributed by atoms with Crippen LogP contribution in [0.1, 0.15) is 17.0 Å². The molecule has 29 heavy (non-hydrogen) atoms. The number of hydrogen-bond acceptors (Lipinski definition) is 7. The second kappa shape index (κ2) is 7.64. The first-order chi connectivity index (χ1) is 13.9. The highest BCUT2D eigenvalue weighted by Crippen LogP contribution is 2.27. The maximum Gasteiger partial charge on any atom is 0.269 e. The molecule has 1 aromatic carbocycles. The Morgan fingerprint density at radius 3 is 2.76 bits per heavy atom. The molecule has 0 bridgehead atoms. The van der Waals surface area contributed by atoms with Crippen LogP contribution in [0.3, 0.4) is 0 Å². The largest absolute Gasteiger partial charge is 0.382 e. The summed E-state index contributed by atoms with van der Waals surface area (Å²) in [6.07, 6.45) is -0.445. The third kappa shape index (κ3) is 3.98. The Bertz CT molecular complexity index is 1120. The molecule has 0 saturated carbocycles. The Morgan fingerprint density at radius 1 is 1.34 bits per heavy atom. The quantitative estimate of drug-likeness (QED) is 0.485. The number of benzene rings is 1. The van der Waals surface area contributed by atoms with Gasteiger partial charge in [-0.25, -0.2) is 4.68 Å². The second-order valence-corrected chi connectivity index (χ2v) is 8.00. The highest BCUT2D eigenvalue weighted by atomic mass is 35.5. The number of halogens is 1. The van der Waals surface area contributed by atoms with E-state index in [-0.39, 0.29) is 11.6 Å². The maximum atomic E-state index is 12.7. The average Bonchev–Trinajstić information content (AvgIpc) is 3.41. The molecule has 0 saturated heterocycles. The molecule has 1 amide bonds. The van der Waals surface area contributed by atoms with Crippen LogP contribution in [0.15, 0.2) is 47.6 Å². The van der Waals surface area contributed by atoms with E-state index in [9.17, 15) is 14.9 Å². The fraction of sp³-hybridized carbons (Fsp3) is 0.167. The van der Waals surface area contributed by atoms with Crippen LogP contribution in [-0.4, -0.2) is 32.4 Å². The Kier molecular flexibility index (Phi) is 5.03. The van der Waals surface area contributed by atoms with Gasteiger partial charge in [-0.15, -0.1) is 11.3 Å². The SMILES string of the molecule is Cc1cc(NC(=O)C2CC(c3ccc(Cl)s3)=NO2)n(-c2ccc([N+](=O)[O-])cc2)n1. The van der Waals surface area contributed by atoms with Gasteiger partial charge in [0, 0.05) is 24.6 Å². The van der Waals surface area contributed by atoms with E-state index in [4.69, 9.17) is 16.4 Å². The molecular formula is C18H14ClN5O4S. The number of carbonyl (C=O) groups is 1. The summed E-state index contributed by atoms with van der Waals surface area (Å²) in [5, 5.41) is 22.0. The van der Waals surface area contributed by atoms with Crippen molar-refractivity contribution in [3.05, 3.63) is 67.5 Å². The first-order valence-corrected chi connectivity index (χ1v) is 9.71. The van der Waals surface area contributed by atoms with Gasteiger partial charge in [0.25, 0.3) is 11.6 Å². The maximum absolute atomic E-state index is 12.7. The molecule has 148 valence electrons. The van der Waals surface area contributed by atoms with Gasteiger partial charge in [0.2, 0.25) is 6.10 Å². The lowest BCUT2D eigenvalue weighted by Gasteiger charge is -2.11. The summed E-state index contributed by atoms with van der Waals surface area (Å²) in [6, 6.07) is 11.2. The predicted octanol–water partition coefficient (Wildman–Crippen LogP) is 3.94. The Morgan fingerprint density at radius 2 is 2.10 bits per heavy atom. The fourth-order valence-corrected chi connectivity index (χ4v) is 3.87. The lowest BCUT2D eigenvalue weighted by molar-refractivity contribution is -0.384. The van der Waals surface area contributed by atoms with Gasteiger partial charge in [-0.05, 0) is 31.2 Å². The number of amides is 1. The van der Waals surface area contributed by atoms with Crippen molar-refractivity contribution < 1.29 is 14.6 Å². The van der Waals surface area contributed by atoms with Gasteiger partial charge in [0.15, 0.2) is 0 Å². The van der Waals surface area contributed by atoms with Crippen LogP contribution >= 0.6 is 22.9 Å². The number of rotatable bonds is 5. The van der Waals surface area contributed by atoms with Crippen molar-refractivity contribution in [3.63, 3.8) is 0 Å². The molecule has 1 aliphatic heterocycles. The molecule has 11 heteroatoms. The van der Waals surface area contributed by atoms with Crippen LogP contribution in [0.4, 0.5) is 11.5 Å². The summed E-state index contributed by atoms with van der Waals surface area (Å²) in [7, 11) is 0. The van der Waals surface area contributed by atoms with Crippen molar-refractivity contribution in [2.24, 2.45) is 5.16 Å². The molecule has 1 N–H and O–H groups in total. The van der Waals surface area contributed by atoms with Crippen molar-refractivity contribution in [2.75, 3.05) is 5.32 Å². The van der Waals surface area contributed by atoms with Gasteiger partial charge in [-0.3, -0.25) is 14.9 Å². The average molecular weight is 432 g/mol. The molecule has 0 aliphatic carbocycles. The van der Waals surface area contributed by atoms with Crippen LogP contribution < -0.4 is 5.32 Å². The van der Waals surface area contributed by atoms with Gasteiger partial charge in [0.05, 0.1) is 25.5 Å². The molecule has 1 atom stereocenters. The predicted molar refractivity (Wildman–Crippen MR) is 109 cm³/mol. The van der Waals surface area contributed by atoms with Crippen molar-refractivity contribution in [3.8, 4) is 5.69 Å². The summed E-state index contributed by atoms with van der Waals surface area (Å²) in [5.74, 6) is 0.0621. The summed E-state index contributed by atoms with van der Waals surface area (Å²) < 4.78 is 2.14. The van der Waals surface area contributed by atoms with Crippen LogP contribution in [0.2, 0.25) is 4.34 Å². The van der Waals surface area contributed by atoms with Crippen LogP contribution in [0.25, 0.3) is 5.69 Å². The number of carbonyl (C=O) groups excluding carboxylic acids is 1. The van der Waals surface area contributed by atoms with Gasteiger partial charge in [-0.1, -0.05) is 16.8 Å². The molecule has 3 heterocycles. The normalized spacial score (nSPS) is 15.7. The molecule has 0 spiro atoms. The van der Waals surface area contributed by atoms with Gasteiger partial charge < -0.3 is 10.2 Å². The van der Waals surface area contributed by atoms with E-state index in [1.165, 1.54) is 28.2 Å². The number of aromatic nitrogens is 2. The van der Waals surface area contributed by atoms with E-state index >= 15 is 0 Å². The van der Waals surface area contributed by atoms with Crippen LogP contribution in [-0.2, 0) is 9.63 Å². The highest BCUT2D eigenvalue weighted by molar-refractivity contribution is 7.18. The Balaban J connectivity index is 1.49. The third-order valence-corrected chi connectivity index (χ3v) is 5.49. The summed E-state index contributed by atoms with van der Waals surface area (Å²) in [5.41, 5.74) is 1.90. The minimum absolute atomic E-state index is 0.0269. The number of nitrogens with one attached hydrogen (secondary N) is 1. The molecule has 9 nitrogen and oxygen atoms in total. The van der Waals surface area contributed by atoms with E-state index in [0.29, 0.717) is 33.7 Å². The van der Waals surface area contributed by atoms with E-state index in [1.807, 2.05) is 6.07 Å². The van der Waals surface area contributed by atoms with E-state index in [0.717, 1.165) is 4.88 Å². The van der Waals surface area contributed by atoms with Gasteiger partial charge in [0.1, 0.15) is 11.5 Å². The fourth-order valence-electron chi connectivity index (χ4n) is 2.84. The monoisotopic (exact) mass is 431 g/mol. The lowest BCUT2D eigenvalue weighted by atomic mass is 10.1.